The number of nitrogens with zero attached hydrogens (tertiary/aromatic N) is 1. The summed E-state index contributed by atoms with van der Waals surface area (Å²) in [5.74, 6) is -0.479. The van der Waals surface area contributed by atoms with Gasteiger partial charge in [-0.2, -0.15) is 0 Å². The summed E-state index contributed by atoms with van der Waals surface area (Å²) in [7, 11) is 0. The number of hydrogen-bond donors (Lipinski definition) is 0. The molecule has 0 N–H and O–H groups in total. The number of morpholine rings is 1. The molecule has 0 spiro atoms. The Morgan fingerprint density at radius 2 is 1.82 bits per heavy atom. The van der Waals surface area contributed by atoms with Crippen LogP contribution in [0.4, 0.5) is 4.79 Å². The predicted molar refractivity (Wildman–Crippen MR) is 59.5 cm³/mol. The summed E-state index contributed by atoms with van der Waals surface area (Å²) >= 11 is 0. The molecule has 96 valence electrons. The second kappa shape index (κ2) is 6.90. The van der Waals surface area contributed by atoms with Crippen LogP contribution in [0.2, 0.25) is 0 Å². The first-order valence-electron chi connectivity index (χ1n) is 5.43. The van der Waals surface area contributed by atoms with Gasteiger partial charge in [-0.15, -0.1) is 0 Å². The molecule has 0 bridgehead atoms. The van der Waals surface area contributed by atoms with Gasteiger partial charge in [0.05, 0.1) is 13.2 Å². The van der Waals surface area contributed by atoms with Gasteiger partial charge in [0, 0.05) is 18.7 Å². The largest absolute Gasteiger partial charge is 0.459 e. The van der Waals surface area contributed by atoms with Crippen LogP contribution < -0.4 is 0 Å². The Morgan fingerprint density at radius 1 is 1.24 bits per heavy atom. The molecule has 1 amide bonds. The van der Waals surface area contributed by atoms with E-state index in [1.54, 1.807) is 11.8 Å². The minimum absolute atomic E-state index is 0.0434. The van der Waals surface area contributed by atoms with E-state index in [-0.39, 0.29) is 13.2 Å². The molecule has 1 fully saturated rings. The lowest BCUT2D eigenvalue weighted by Gasteiger charge is -2.25. The SMILES string of the molecule is C=C(C)C(=O)OCCOC(=O)N1CCOCC1. The van der Waals surface area contributed by atoms with Crippen molar-refractivity contribution in [3.05, 3.63) is 12.2 Å². The number of carbonyl (C=O) groups is 2. The average molecular weight is 243 g/mol. The van der Waals surface area contributed by atoms with Crippen LogP contribution in [-0.4, -0.2) is 56.5 Å². The highest BCUT2D eigenvalue weighted by Crippen LogP contribution is 2.00. The van der Waals surface area contributed by atoms with Crippen LogP contribution in [0.15, 0.2) is 12.2 Å². The third kappa shape index (κ3) is 4.86. The average Bonchev–Trinajstić information content (AvgIpc) is 2.35. The van der Waals surface area contributed by atoms with E-state index < -0.39 is 12.1 Å². The molecular weight excluding hydrogens is 226 g/mol. The van der Waals surface area contributed by atoms with Crippen molar-refractivity contribution in [3.8, 4) is 0 Å². The van der Waals surface area contributed by atoms with E-state index in [0.717, 1.165) is 0 Å². The third-order valence-corrected chi connectivity index (χ3v) is 2.16. The molecule has 1 aliphatic rings. The third-order valence-electron chi connectivity index (χ3n) is 2.16. The number of rotatable bonds is 4. The van der Waals surface area contributed by atoms with Gasteiger partial charge in [-0.05, 0) is 6.92 Å². The van der Waals surface area contributed by atoms with Crippen LogP contribution in [0.25, 0.3) is 0 Å². The molecule has 0 aromatic rings. The Balaban J connectivity index is 2.11. The molecule has 0 atom stereocenters. The van der Waals surface area contributed by atoms with E-state index >= 15 is 0 Å². The van der Waals surface area contributed by atoms with Gasteiger partial charge in [-0.25, -0.2) is 9.59 Å². The normalized spacial score (nSPS) is 15.2. The molecule has 1 heterocycles. The number of amides is 1. The van der Waals surface area contributed by atoms with Crippen molar-refractivity contribution in [2.75, 3.05) is 39.5 Å². The van der Waals surface area contributed by atoms with Crippen LogP contribution in [0.3, 0.4) is 0 Å². The van der Waals surface area contributed by atoms with Crippen LogP contribution in [0.1, 0.15) is 6.92 Å². The van der Waals surface area contributed by atoms with E-state index in [2.05, 4.69) is 6.58 Å². The number of ether oxygens (including phenoxy) is 3. The molecular formula is C11H17NO5. The van der Waals surface area contributed by atoms with Gasteiger partial charge in [-0.3, -0.25) is 0 Å². The Bertz CT molecular complexity index is 296. The molecule has 0 unspecified atom stereocenters. The first-order chi connectivity index (χ1) is 8.11. The second-order valence-electron chi connectivity index (χ2n) is 3.63. The van der Waals surface area contributed by atoms with Crippen molar-refractivity contribution in [2.45, 2.75) is 6.92 Å². The molecule has 0 aliphatic carbocycles. The van der Waals surface area contributed by atoms with Crippen LogP contribution in [-0.2, 0) is 19.0 Å². The smallest absolute Gasteiger partial charge is 0.410 e. The molecule has 6 heteroatoms. The van der Waals surface area contributed by atoms with Gasteiger partial charge >= 0.3 is 12.1 Å². The van der Waals surface area contributed by atoms with Gasteiger partial charge in [0.25, 0.3) is 0 Å². The van der Waals surface area contributed by atoms with Gasteiger partial charge in [0.1, 0.15) is 13.2 Å². The van der Waals surface area contributed by atoms with Gasteiger partial charge in [-0.1, -0.05) is 6.58 Å². The fourth-order valence-corrected chi connectivity index (χ4v) is 1.22. The molecule has 1 rings (SSSR count). The van der Waals surface area contributed by atoms with Crippen molar-refractivity contribution >= 4 is 12.1 Å². The summed E-state index contributed by atoms with van der Waals surface area (Å²) in [6.07, 6.45) is -0.403. The van der Waals surface area contributed by atoms with Crippen molar-refractivity contribution in [3.63, 3.8) is 0 Å². The lowest BCUT2D eigenvalue weighted by molar-refractivity contribution is -0.140. The highest BCUT2D eigenvalue weighted by atomic mass is 16.6. The number of carbonyl (C=O) groups excluding carboxylic acids is 2. The van der Waals surface area contributed by atoms with Crippen LogP contribution in [0.5, 0.6) is 0 Å². The Kier molecular flexibility index (Phi) is 5.48. The maximum atomic E-state index is 11.5. The highest BCUT2D eigenvalue weighted by Gasteiger charge is 2.17. The molecule has 0 aromatic heterocycles. The monoisotopic (exact) mass is 243 g/mol. The maximum absolute atomic E-state index is 11.5. The maximum Gasteiger partial charge on any atom is 0.410 e. The zero-order valence-corrected chi connectivity index (χ0v) is 9.94. The fraction of sp³-hybridized carbons (Fsp3) is 0.636. The lowest BCUT2D eigenvalue weighted by atomic mass is 10.4. The first-order valence-corrected chi connectivity index (χ1v) is 5.43. The second-order valence-corrected chi connectivity index (χ2v) is 3.63. The van der Waals surface area contributed by atoms with Crippen LogP contribution in [0, 0.1) is 0 Å². The summed E-state index contributed by atoms with van der Waals surface area (Å²) in [5, 5.41) is 0. The minimum Gasteiger partial charge on any atom is -0.459 e. The van der Waals surface area contributed by atoms with E-state index in [0.29, 0.717) is 31.9 Å². The van der Waals surface area contributed by atoms with Gasteiger partial charge < -0.3 is 19.1 Å². The summed E-state index contributed by atoms with van der Waals surface area (Å²) < 4.78 is 14.8. The van der Waals surface area contributed by atoms with Crippen LogP contribution >= 0.6 is 0 Å². The summed E-state index contributed by atoms with van der Waals surface area (Å²) in [6, 6.07) is 0. The van der Waals surface area contributed by atoms with E-state index in [1.165, 1.54) is 0 Å². The first kappa shape index (κ1) is 13.5. The Labute approximate surface area is 100 Å². The molecule has 0 aromatic carbocycles. The zero-order valence-electron chi connectivity index (χ0n) is 9.94. The Morgan fingerprint density at radius 3 is 2.41 bits per heavy atom. The van der Waals surface area contributed by atoms with Crippen molar-refractivity contribution in [2.24, 2.45) is 0 Å². The topological polar surface area (TPSA) is 65.1 Å². The Hall–Kier alpha value is -1.56. The van der Waals surface area contributed by atoms with E-state index in [1.807, 2.05) is 0 Å². The van der Waals surface area contributed by atoms with Gasteiger partial charge in [0.15, 0.2) is 0 Å². The molecule has 6 nitrogen and oxygen atoms in total. The van der Waals surface area contributed by atoms with Gasteiger partial charge in [0.2, 0.25) is 0 Å². The zero-order chi connectivity index (χ0) is 12.7. The summed E-state index contributed by atoms with van der Waals surface area (Å²) in [6.45, 7) is 7.21. The van der Waals surface area contributed by atoms with E-state index in [4.69, 9.17) is 14.2 Å². The lowest BCUT2D eigenvalue weighted by Crippen LogP contribution is -2.41. The molecule has 1 aliphatic heterocycles. The number of esters is 1. The predicted octanol–water partition coefficient (Wildman–Crippen LogP) is 0.575. The van der Waals surface area contributed by atoms with Crippen molar-refractivity contribution < 1.29 is 23.8 Å². The van der Waals surface area contributed by atoms with E-state index in [9.17, 15) is 9.59 Å². The highest BCUT2D eigenvalue weighted by molar-refractivity contribution is 5.86. The molecule has 1 saturated heterocycles. The quantitative estimate of drug-likeness (QED) is 0.410. The molecule has 0 saturated carbocycles. The van der Waals surface area contributed by atoms with Crippen molar-refractivity contribution in [1.82, 2.24) is 4.90 Å². The number of hydrogen-bond acceptors (Lipinski definition) is 5. The fourth-order valence-electron chi connectivity index (χ4n) is 1.22. The summed E-state index contributed by atoms with van der Waals surface area (Å²) in [5.41, 5.74) is 0.324. The molecule has 0 radical (unpaired) electrons. The minimum atomic E-state index is -0.479. The summed E-state index contributed by atoms with van der Waals surface area (Å²) in [4.78, 5) is 24.0. The van der Waals surface area contributed by atoms with Crippen molar-refractivity contribution in [1.29, 1.82) is 0 Å². The standard InChI is InChI=1S/C11H17NO5/c1-9(2)10(13)16-7-8-17-11(14)12-3-5-15-6-4-12/h1,3-8H2,2H3. The molecule has 17 heavy (non-hydrogen) atoms.